The molecule has 0 aliphatic carbocycles. The molecule has 1 heterocycles. The van der Waals surface area contributed by atoms with Crippen molar-refractivity contribution in [1.29, 1.82) is 0 Å². The van der Waals surface area contributed by atoms with Crippen LogP contribution in [0.1, 0.15) is 47.4 Å². The van der Waals surface area contributed by atoms with Crippen LogP contribution in [-0.2, 0) is 0 Å². The van der Waals surface area contributed by atoms with Gasteiger partial charge in [-0.1, -0.05) is 12.1 Å². The minimum atomic E-state index is -0.354. The van der Waals surface area contributed by atoms with Crippen molar-refractivity contribution < 1.29 is 14.0 Å². The Morgan fingerprint density at radius 3 is 2.28 bits per heavy atom. The maximum Gasteiger partial charge on any atom is 0.255 e. The van der Waals surface area contributed by atoms with Crippen molar-refractivity contribution in [3.63, 3.8) is 0 Å². The standard InChI is InChI=1S/C23H28FN3O2/c1-3-26(4-2)23(29)20-7-5-6-8-21(20)27-15-13-19(14-16-27)25-22(28)17-9-11-18(24)12-10-17/h5-12,19H,3-4,13-16H2,1-2H3,(H,25,28). The van der Waals surface area contributed by atoms with E-state index in [9.17, 15) is 14.0 Å². The van der Waals surface area contributed by atoms with Crippen LogP contribution in [0.4, 0.5) is 10.1 Å². The van der Waals surface area contributed by atoms with Gasteiger partial charge in [0.2, 0.25) is 0 Å². The number of rotatable bonds is 6. The Labute approximate surface area is 171 Å². The minimum Gasteiger partial charge on any atom is -0.371 e. The lowest BCUT2D eigenvalue weighted by Crippen LogP contribution is -2.45. The molecular formula is C23H28FN3O2. The quantitative estimate of drug-likeness (QED) is 0.809. The zero-order chi connectivity index (χ0) is 20.8. The summed E-state index contributed by atoms with van der Waals surface area (Å²) in [5.74, 6) is -0.481. The highest BCUT2D eigenvalue weighted by Crippen LogP contribution is 2.25. The number of para-hydroxylation sites is 1. The number of amides is 2. The highest BCUT2D eigenvalue weighted by molar-refractivity contribution is 6.00. The van der Waals surface area contributed by atoms with Crippen molar-refractivity contribution in [3.8, 4) is 0 Å². The second-order valence-electron chi connectivity index (χ2n) is 7.24. The number of anilines is 1. The monoisotopic (exact) mass is 397 g/mol. The first-order valence-electron chi connectivity index (χ1n) is 10.2. The van der Waals surface area contributed by atoms with E-state index in [1.165, 1.54) is 24.3 Å². The normalized spacial score (nSPS) is 14.5. The van der Waals surface area contributed by atoms with Crippen molar-refractivity contribution in [2.45, 2.75) is 32.7 Å². The highest BCUT2D eigenvalue weighted by atomic mass is 19.1. The van der Waals surface area contributed by atoms with Crippen LogP contribution in [0.3, 0.4) is 0 Å². The van der Waals surface area contributed by atoms with Crippen LogP contribution in [0, 0.1) is 5.82 Å². The number of nitrogens with zero attached hydrogens (tertiary/aromatic N) is 2. The summed E-state index contributed by atoms with van der Waals surface area (Å²) in [6.45, 7) is 6.86. The summed E-state index contributed by atoms with van der Waals surface area (Å²) in [5.41, 5.74) is 2.14. The van der Waals surface area contributed by atoms with Crippen LogP contribution in [0.2, 0.25) is 0 Å². The molecule has 2 aromatic rings. The summed E-state index contributed by atoms with van der Waals surface area (Å²) in [6, 6.07) is 13.4. The molecule has 1 aliphatic heterocycles. The number of piperidine rings is 1. The van der Waals surface area contributed by atoms with E-state index in [1.807, 2.05) is 43.0 Å². The second kappa shape index (κ2) is 9.54. The Morgan fingerprint density at radius 1 is 1.03 bits per heavy atom. The van der Waals surface area contributed by atoms with Gasteiger partial charge in [-0.15, -0.1) is 0 Å². The Kier molecular flexibility index (Phi) is 6.86. The van der Waals surface area contributed by atoms with Gasteiger partial charge in [-0.3, -0.25) is 9.59 Å². The molecule has 154 valence electrons. The minimum absolute atomic E-state index is 0.0531. The SMILES string of the molecule is CCN(CC)C(=O)c1ccccc1N1CCC(NC(=O)c2ccc(F)cc2)CC1. The van der Waals surface area contributed by atoms with Gasteiger partial charge in [0, 0.05) is 43.5 Å². The molecule has 0 atom stereocenters. The van der Waals surface area contributed by atoms with Gasteiger partial charge in [0.1, 0.15) is 5.82 Å². The summed E-state index contributed by atoms with van der Waals surface area (Å²) in [5, 5.41) is 3.04. The molecule has 0 saturated carbocycles. The Bertz CT molecular complexity index is 841. The van der Waals surface area contributed by atoms with Gasteiger partial charge < -0.3 is 15.1 Å². The molecule has 1 saturated heterocycles. The maximum atomic E-state index is 13.0. The third kappa shape index (κ3) is 4.94. The molecule has 0 aromatic heterocycles. The smallest absolute Gasteiger partial charge is 0.255 e. The Hall–Kier alpha value is -2.89. The first-order chi connectivity index (χ1) is 14.0. The van der Waals surface area contributed by atoms with Crippen LogP contribution in [0.25, 0.3) is 0 Å². The number of carbonyl (C=O) groups excluding carboxylic acids is 2. The average molecular weight is 397 g/mol. The van der Waals surface area contributed by atoms with Gasteiger partial charge in [-0.2, -0.15) is 0 Å². The molecule has 1 fully saturated rings. The van der Waals surface area contributed by atoms with E-state index in [0.29, 0.717) is 18.7 Å². The van der Waals surface area contributed by atoms with Crippen LogP contribution >= 0.6 is 0 Å². The van der Waals surface area contributed by atoms with Crippen molar-refractivity contribution >= 4 is 17.5 Å². The van der Waals surface area contributed by atoms with Gasteiger partial charge in [-0.05, 0) is 63.1 Å². The molecular weight excluding hydrogens is 369 g/mol. The molecule has 6 heteroatoms. The fraction of sp³-hybridized carbons (Fsp3) is 0.391. The maximum absolute atomic E-state index is 13.0. The molecule has 0 unspecified atom stereocenters. The zero-order valence-corrected chi connectivity index (χ0v) is 17.0. The van der Waals surface area contributed by atoms with Gasteiger partial charge in [0.05, 0.1) is 5.56 Å². The number of hydrogen-bond acceptors (Lipinski definition) is 3. The molecule has 1 N–H and O–H groups in total. The largest absolute Gasteiger partial charge is 0.371 e. The van der Waals surface area contributed by atoms with E-state index < -0.39 is 0 Å². The summed E-state index contributed by atoms with van der Waals surface area (Å²) in [7, 11) is 0. The summed E-state index contributed by atoms with van der Waals surface area (Å²) in [6.07, 6.45) is 1.58. The highest BCUT2D eigenvalue weighted by Gasteiger charge is 2.25. The molecule has 2 amide bonds. The third-order valence-corrected chi connectivity index (χ3v) is 5.46. The topological polar surface area (TPSA) is 52.7 Å². The van der Waals surface area contributed by atoms with Crippen molar-refractivity contribution in [1.82, 2.24) is 10.2 Å². The van der Waals surface area contributed by atoms with Gasteiger partial charge in [0.25, 0.3) is 11.8 Å². The van der Waals surface area contributed by atoms with E-state index in [-0.39, 0.29) is 23.7 Å². The fourth-order valence-electron chi connectivity index (χ4n) is 3.75. The van der Waals surface area contributed by atoms with E-state index in [0.717, 1.165) is 37.2 Å². The van der Waals surface area contributed by atoms with E-state index in [2.05, 4.69) is 10.2 Å². The Morgan fingerprint density at radius 2 is 1.66 bits per heavy atom. The predicted molar refractivity (Wildman–Crippen MR) is 113 cm³/mol. The average Bonchev–Trinajstić information content (AvgIpc) is 2.75. The lowest BCUT2D eigenvalue weighted by atomic mass is 10.0. The second-order valence-corrected chi connectivity index (χ2v) is 7.24. The zero-order valence-electron chi connectivity index (χ0n) is 17.0. The summed E-state index contributed by atoms with van der Waals surface area (Å²) >= 11 is 0. The number of nitrogens with one attached hydrogen (secondary N) is 1. The third-order valence-electron chi connectivity index (χ3n) is 5.46. The molecule has 29 heavy (non-hydrogen) atoms. The Balaban J connectivity index is 1.63. The number of carbonyl (C=O) groups is 2. The van der Waals surface area contributed by atoms with Crippen LogP contribution in [-0.4, -0.2) is 48.9 Å². The molecule has 0 radical (unpaired) electrons. The van der Waals surface area contributed by atoms with Crippen molar-refractivity contribution in [2.24, 2.45) is 0 Å². The first-order valence-corrected chi connectivity index (χ1v) is 10.2. The molecule has 1 aliphatic rings. The van der Waals surface area contributed by atoms with Gasteiger partial charge in [-0.25, -0.2) is 4.39 Å². The number of benzene rings is 2. The lowest BCUT2D eigenvalue weighted by Gasteiger charge is -2.35. The van der Waals surface area contributed by atoms with Gasteiger partial charge in [0.15, 0.2) is 0 Å². The number of hydrogen-bond donors (Lipinski definition) is 1. The van der Waals surface area contributed by atoms with E-state index in [1.54, 1.807) is 0 Å². The van der Waals surface area contributed by atoms with Crippen molar-refractivity contribution in [3.05, 3.63) is 65.5 Å². The molecule has 5 nitrogen and oxygen atoms in total. The number of halogens is 1. The van der Waals surface area contributed by atoms with Crippen LogP contribution in [0.15, 0.2) is 48.5 Å². The van der Waals surface area contributed by atoms with Crippen LogP contribution < -0.4 is 10.2 Å². The molecule has 2 aromatic carbocycles. The first kappa shape index (κ1) is 20.8. The van der Waals surface area contributed by atoms with Crippen molar-refractivity contribution in [2.75, 3.05) is 31.1 Å². The van der Waals surface area contributed by atoms with Crippen LogP contribution in [0.5, 0.6) is 0 Å². The molecule has 3 rings (SSSR count). The fourth-order valence-corrected chi connectivity index (χ4v) is 3.75. The molecule has 0 bridgehead atoms. The molecule has 0 spiro atoms. The van der Waals surface area contributed by atoms with E-state index >= 15 is 0 Å². The van der Waals surface area contributed by atoms with E-state index in [4.69, 9.17) is 0 Å². The van der Waals surface area contributed by atoms with Gasteiger partial charge >= 0.3 is 0 Å². The summed E-state index contributed by atoms with van der Waals surface area (Å²) < 4.78 is 13.0. The summed E-state index contributed by atoms with van der Waals surface area (Å²) in [4.78, 5) is 29.3. The lowest BCUT2D eigenvalue weighted by molar-refractivity contribution is 0.0773. The predicted octanol–water partition coefficient (Wildman–Crippen LogP) is 3.71.